The summed E-state index contributed by atoms with van der Waals surface area (Å²) in [6, 6.07) is 10.7. The van der Waals surface area contributed by atoms with Crippen molar-refractivity contribution in [3.8, 4) is 0 Å². The van der Waals surface area contributed by atoms with Crippen molar-refractivity contribution in [2.24, 2.45) is 4.40 Å². The Morgan fingerprint density at radius 1 is 1.20 bits per heavy atom. The molecule has 2 amide bonds. The van der Waals surface area contributed by atoms with E-state index >= 15 is 0 Å². The lowest BCUT2D eigenvalue weighted by atomic mass is 10.2. The lowest BCUT2D eigenvalue weighted by molar-refractivity contribution is -0.128. The van der Waals surface area contributed by atoms with Crippen LogP contribution in [0.25, 0.3) is 0 Å². The maximum Gasteiger partial charge on any atom is 0.284 e. The van der Waals surface area contributed by atoms with Crippen molar-refractivity contribution in [3.05, 3.63) is 59.4 Å². The fraction of sp³-hybridized carbons (Fsp3) is 0.211. The molecule has 1 aliphatic heterocycles. The number of halogens is 2. The van der Waals surface area contributed by atoms with Crippen molar-refractivity contribution >= 4 is 56.1 Å². The Morgan fingerprint density at radius 3 is 2.43 bits per heavy atom. The topological polar surface area (TPSA) is 95.9 Å². The molecule has 1 fully saturated rings. The maximum atomic E-state index is 13.1. The smallest absolute Gasteiger partial charge is 0.284 e. The van der Waals surface area contributed by atoms with Gasteiger partial charge >= 0.3 is 0 Å². The van der Waals surface area contributed by atoms with Crippen LogP contribution in [0, 0.1) is 5.82 Å². The van der Waals surface area contributed by atoms with Gasteiger partial charge in [-0.1, -0.05) is 23.4 Å². The summed E-state index contributed by atoms with van der Waals surface area (Å²) >= 11 is 6.72. The molecule has 7 nitrogen and oxygen atoms in total. The van der Waals surface area contributed by atoms with E-state index in [0.717, 1.165) is 36.0 Å². The number of carbonyl (C=O) groups is 2. The molecular weight excluding hydrogens is 453 g/mol. The zero-order valence-electron chi connectivity index (χ0n) is 15.7. The van der Waals surface area contributed by atoms with E-state index in [4.69, 9.17) is 11.6 Å². The average molecular weight is 470 g/mol. The van der Waals surface area contributed by atoms with E-state index in [1.165, 1.54) is 4.90 Å². The van der Waals surface area contributed by atoms with Crippen molar-refractivity contribution in [3.63, 3.8) is 0 Å². The fourth-order valence-electron chi connectivity index (χ4n) is 2.68. The SMILES string of the molecule is CCN1C(=O)[C@@H](CC(=O)Nc2ccc(Cl)cc2)SC1=NS(=O)(=O)c1ccc(F)cc1. The molecule has 0 bridgehead atoms. The van der Waals surface area contributed by atoms with Gasteiger partial charge in [-0.15, -0.1) is 4.40 Å². The molecule has 3 rings (SSSR count). The van der Waals surface area contributed by atoms with Crippen molar-refractivity contribution in [1.29, 1.82) is 0 Å². The lowest BCUT2D eigenvalue weighted by Crippen LogP contribution is -2.33. The van der Waals surface area contributed by atoms with Gasteiger partial charge in [-0.2, -0.15) is 8.42 Å². The molecule has 158 valence electrons. The molecule has 1 aliphatic rings. The largest absolute Gasteiger partial charge is 0.326 e. The zero-order chi connectivity index (χ0) is 21.9. The highest BCUT2D eigenvalue weighted by molar-refractivity contribution is 8.16. The molecule has 1 N–H and O–H groups in total. The third kappa shape index (κ3) is 5.18. The number of benzene rings is 2. The van der Waals surface area contributed by atoms with Gasteiger partial charge in [0.25, 0.3) is 10.0 Å². The van der Waals surface area contributed by atoms with Crippen LogP contribution in [-0.4, -0.2) is 42.1 Å². The molecule has 0 spiro atoms. The van der Waals surface area contributed by atoms with Crippen molar-refractivity contribution in [2.75, 3.05) is 11.9 Å². The number of amides is 2. The Balaban J connectivity index is 1.75. The summed E-state index contributed by atoms with van der Waals surface area (Å²) in [5.41, 5.74) is 0.528. The predicted octanol–water partition coefficient (Wildman–Crippen LogP) is 3.52. The minimum atomic E-state index is -4.14. The zero-order valence-corrected chi connectivity index (χ0v) is 18.1. The predicted molar refractivity (Wildman–Crippen MR) is 114 cm³/mol. The summed E-state index contributed by atoms with van der Waals surface area (Å²) in [6.07, 6.45) is -0.155. The molecule has 30 heavy (non-hydrogen) atoms. The van der Waals surface area contributed by atoms with E-state index in [1.54, 1.807) is 31.2 Å². The summed E-state index contributed by atoms with van der Waals surface area (Å²) in [5.74, 6) is -1.38. The van der Waals surface area contributed by atoms with Crippen LogP contribution < -0.4 is 5.32 Å². The molecule has 0 saturated carbocycles. The van der Waals surface area contributed by atoms with E-state index in [1.807, 2.05) is 0 Å². The lowest BCUT2D eigenvalue weighted by Gasteiger charge is -2.13. The van der Waals surface area contributed by atoms with E-state index in [9.17, 15) is 22.4 Å². The minimum Gasteiger partial charge on any atom is -0.326 e. The van der Waals surface area contributed by atoms with Gasteiger partial charge in [0.05, 0.1) is 4.90 Å². The number of nitrogens with one attached hydrogen (secondary N) is 1. The number of rotatable bonds is 6. The summed E-state index contributed by atoms with van der Waals surface area (Å²) in [4.78, 5) is 26.0. The van der Waals surface area contributed by atoms with Crippen molar-refractivity contribution < 1.29 is 22.4 Å². The van der Waals surface area contributed by atoms with Gasteiger partial charge in [0.15, 0.2) is 5.17 Å². The molecule has 1 saturated heterocycles. The van der Waals surface area contributed by atoms with E-state index < -0.39 is 32.9 Å². The van der Waals surface area contributed by atoms with Gasteiger partial charge in [-0.3, -0.25) is 14.5 Å². The number of hydrogen-bond acceptors (Lipinski definition) is 5. The molecule has 11 heteroatoms. The van der Waals surface area contributed by atoms with Crippen molar-refractivity contribution in [1.82, 2.24) is 4.90 Å². The van der Waals surface area contributed by atoms with Crippen LogP contribution in [0.5, 0.6) is 0 Å². The number of sulfonamides is 1. The summed E-state index contributed by atoms with van der Waals surface area (Å²) in [7, 11) is -4.14. The second-order valence-corrected chi connectivity index (χ2v) is 9.46. The Hall–Kier alpha value is -2.43. The average Bonchev–Trinajstić information content (AvgIpc) is 2.97. The first-order chi connectivity index (χ1) is 14.2. The molecular formula is C19H17ClFN3O4S2. The number of carbonyl (C=O) groups excluding carboxylic acids is 2. The molecule has 0 radical (unpaired) electrons. The number of amidine groups is 1. The number of nitrogens with zero attached hydrogens (tertiary/aromatic N) is 2. The van der Waals surface area contributed by atoms with Crippen LogP contribution in [-0.2, 0) is 19.6 Å². The van der Waals surface area contributed by atoms with Gasteiger partial charge in [0.2, 0.25) is 11.8 Å². The molecule has 2 aromatic rings. The Bertz CT molecular complexity index is 1090. The third-order valence-corrected chi connectivity index (χ3v) is 6.97. The second kappa shape index (κ2) is 9.15. The second-order valence-electron chi connectivity index (χ2n) is 6.25. The molecule has 0 aliphatic carbocycles. The number of anilines is 1. The van der Waals surface area contributed by atoms with Gasteiger partial charge < -0.3 is 5.32 Å². The van der Waals surface area contributed by atoms with E-state index in [2.05, 4.69) is 9.71 Å². The number of hydrogen-bond donors (Lipinski definition) is 1. The molecule has 2 aromatic carbocycles. The van der Waals surface area contributed by atoms with E-state index in [0.29, 0.717) is 10.7 Å². The molecule has 0 unspecified atom stereocenters. The molecule has 1 heterocycles. The first-order valence-corrected chi connectivity index (χ1v) is 11.5. The standard InChI is InChI=1S/C19H17ClFN3O4S2/c1-2-24-18(26)16(11-17(25)22-14-7-3-12(20)4-8-14)29-19(24)23-30(27,28)15-9-5-13(21)6-10-15/h3-10,16H,2,11H2,1H3,(H,22,25)/t16-/m1/s1. The Kier molecular flexibility index (Phi) is 6.79. The van der Waals surface area contributed by atoms with E-state index in [-0.39, 0.29) is 23.0 Å². The summed E-state index contributed by atoms with van der Waals surface area (Å²) in [5, 5.41) is 2.37. The summed E-state index contributed by atoms with van der Waals surface area (Å²) < 4.78 is 41.8. The van der Waals surface area contributed by atoms with Crippen LogP contribution in [0.15, 0.2) is 57.8 Å². The van der Waals surface area contributed by atoms with Crippen LogP contribution in [0.4, 0.5) is 10.1 Å². The monoisotopic (exact) mass is 469 g/mol. The molecule has 0 aromatic heterocycles. The quantitative estimate of drug-likeness (QED) is 0.698. The van der Waals surface area contributed by atoms with Gasteiger partial charge in [-0.25, -0.2) is 4.39 Å². The normalized spacial score (nSPS) is 18.1. The van der Waals surface area contributed by atoms with Crippen LogP contribution in [0.2, 0.25) is 5.02 Å². The summed E-state index contributed by atoms with van der Waals surface area (Å²) in [6.45, 7) is 1.87. The third-order valence-electron chi connectivity index (χ3n) is 4.14. The highest BCUT2D eigenvalue weighted by Gasteiger charge is 2.39. The highest BCUT2D eigenvalue weighted by Crippen LogP contribution is 2.31. The van der Waals surface area contributed by atoms with Crippen LogP contribution >= 0.6 is 23.4 Å². The number of thioether (sulfide) groups is 1. The molecule has 1 atom stereocenters. The first-order valence-electron chi connectivity index (χ1n) is 8.83. The maximum absolute atomic E-state index is 13.1. The minimum absolute atomic E-state index is 0.0175. The van der Waals surface area contributed by atoms with Gasteiger partial charge in [0, 0.05) is 23.7 Å². The highest BCUT2D eigenvalue weighted by atomic mass is 35.5. The van der Waals surface area contributed by atoms with Gasteiger partial charge in [-0.05, 0) is 55.5 Å². The Morgan fingerprint density at radius 2 is 1.83 bits per heavy atom. The van der Waals surface area contributed by atoms with Crippen LogP contribution in [0.1, 0.15) is 13.3 Å². The first kappa shape index (κ1) is 22.3. The Labute approximate surface area is 182 Å². The van der Waals surface area contributed by atoms with Crippen molar-refractivity contribution in [2.45, 2.75) is 23.5 Å². The van der Waals surface area contributed by atoms with Crippen LogP contribution in [0.3, 0.4) is 0 Å². The van der Waals surface area contributed by atoms with Gasteiger partial charge in [0.1, 0.15) is 11.1 Å². The fourth-order valence-corrected chi connectivity index (χ4v) is 5.22.